The van der Waals surface area contributed by atoms with Gasteiger partial charge in [0.15, 0.2) is 5.78 Å². The van der Waals surface area contributed by atoms with Crippen molar-refractivity contribution in [1.82, 2.24) is 5.32 Å². The van der Waals surface area contributed by atoms with E-state index in [-0.39, 0.29) is 12.4 Å². The standard InChI is InChI=1S/C24H21Cl2NO3/c1-14-21(24(29)30-13-15-6-3-2-4-7-15)22(16-10-11-17(25)18(26)12-16)23-19(27-14)8-5-9-20(23)28/h2-4,6-7,10-12,22,27H,5,8-9,13H2,1H3/t22-/m1/s1. The largest absolute Gasteiger partial charge is 0.457 e. The molecule has 0 radical (unpaired) electrons. The van der Waals surface area contributed by atoms with Crippen LogP contribution in [0.5, 0.6) is 0 Å². The van der Waals surface area contributed by atoms with Gasteiger partial charge in [0.05, 0.1) is 15.6 Å². The van der Waals surface area contributed by atoms with Crippen molar-refractivity contribution in [3.63, 3.8) is 0 Å². The maximum Gasteiger partial charge on any atom is 0.337 e. The third-order valence-corrected chi connectivity index (χ3v) is 6.22. The summed E-state index contributed by atoms with van der Waals surface area (Å²) in [4.78, 5) is 26.1. The number of hydrogen-bond donors (Lipinski definition) is 1. The fourth-order valence-electron chi connectivity index (χ4n) is 4.08. The lowest BCUT2D eigenvalue weighted by Gasteiger charge is -2.34. The fraction of sp³-hybridized carbons (Fsp3) is 0.250. The molecule has 1 atom stereocenters. The molecule has 0 fully saturated rings. The Morgan fingerprint density at radius 3 is 2.60 bits per heavy atom. The summed E-state index contributed by atoms with van der Waals surface area (Å²) in [5, 5.41) is 4.09. The summed E-state index contributed by atoms with van der Waals surface area (Å²) in [7, 11) is 0. The van der Waals surface area contributed by atoms with Gasteiger partial charge in [0.25, 0.3) is 0 Å². The van der Waals surface area contributed by atoms with Gasteiger partial charge in [-0.15, -0.1) is 0 Å². The minimum atomic E-state index is -0.535. The second-order valence-electron chi connectivity index (χ2n) is 7.50. The van der Waals surface area contributed by atoms with Gasteiger partial charge in [0.2, 0.25) is 0 Å². The minimum Gasteiger partial charge on any atom is -0.457 e. The number of esters is 1. The Balaban J connectivity index is 1.73. The van der Waals surface area contributed by atoms with Crippen LogP contribution in [0.3, 0.4) is 0 Å². The van der Waals surface area contributed by atoms with Crippen LogP contribution in [0.2, 0.25) is 10.0 Å². The first-order valence-corrected chi connectivity index (χ1v) is 10.6. The molecular weight excluding hydrogens is 421 g/mol. The van der Waals surface area contributed by atoms with Crippen molar-refractivity contribution in [3.05, 3.63) is 92.2 Å². The van der Waals surface area contributed by atoms with Gasteiger partial charge < -0.3 is 10.1 Å². The lowest BCUT2D eigenvalue weighted by Crippen LogP contribution is -2.34. The number of hydrogen-bond acceptors (Lipinski definition) is 4. The number of halogens is 2. The smallest absolute Gasteiger partial charge is 0.337 e. The van der Waals surface area contributed by atoms with Gasteiger partial charge in [0.1, 0.15) is 6.61 Å². The van der Waals surface area contributed by atoms with Gasteiger partial charge in [-0.1, -0.05) is 59.6 Å². The molecule has 2 aromatic carbocycles. The maximum absolute atomic E-state index is 13.2. The molecule has 0 saturated carbocycles. The number of benzene rings is 2. The fourth-order valence-corrected chi connectivity index (χ4v) is 4.39. The Kier molecular flexibility index (Phi) is 5.98. The number of rotatable bonds is 4. The van der Waals surface area contributed by atoms with E-state index in [0.717, 1.165) is 29.7 Å². The summed E-state index contributed by atoms with van der Waals surface area (Å²) in [6, 6.07) is 14.7. The van der Waals surface area contributed by atoms with Crippen LogP contribution in [0.15, 0.2) is 71.1 Å². The molecule has 0 spiro atoms. The number of allylic oxidation sites excluding steroid dienone is 3. The van der Waals surface area contributed by atoms with Crippen LogP contribution >= 0.6 is 23.2 Å². The number of nitrogens with one attached hydrogen (secondary N) is 1. The Morgan fingerprint density at radius 2 is 1.87 bits per heavy atom. The Hall–Kier alpha value is -2.56. The Bertz CT molecular complexity index is 1070. The van der Waals surface area contributed by atoms with E-state index in [4.69, 9.17) is 27.9 Å². The van der Waals surface area contributed by atoms with Gasteiger partial charge in [-0.25, -0.2) is 4.79 Å². The SMILES string of the molecule is CC1=C(C(=O)OCc2ccccc2)[C@@H](c2ccc(Cl)c(Cl)c2)C2=C(CCCC2=O)N1. The molecule has 0 aromatic heterocycles. The molecule has 154 valence electrons. The topological polar surface area (TPSA) is 55.4 Å². The first-order chi connectivity index (χ1) is 14.5. The molecule has 30 heavy (non-hydrogen) atoms. The van der Waals surface area contributed by atoms with E-state index in [1.807, 2.05) is 43.3 Å². The van der Waals surface area contributed by atoms with E-state index in [1.165, 1.54) is 0 Å². The molecule has 1 aliphatic carbocycles. The van der Waals surface area contributed by atoms with Gasteiger partial charge in [-0.3, -0.25) is 4.79 Å². The van der Waals surface area contributed by atoms with Crippen LogP contribution in [-0.2, 0) is 20.9 Å². The molecule has 1 N–H and O–H groups in total. The van der Waals surface area contributed by atoms with Crippen molar-refractivity contribution in [2.45, 2.75) is 38.7 Å². The monoisotopic (exact) mass is 441 g/mol. The minimum absolute atomic E-state index is 0.0423. The molecule has 6 heteroatoms. The molecule has 1 heterocycles. The molecule has 0 amide bonds. The van der Waals surface area contributed by atoms with Gasteiger partial charge in [-0.2, -0.15) is 0 Å². The third-order valence-electron chi connectivity index (χ3n) is 5.49. The Labute approximate surface area is 185 Å². The van der Waals surface area contributed by atoms with E-state index in [9.17, 15) is 9.59 Å². The van der Waals surface area contributed by atoms with Crippen LogP contribution in [0.1, 0.15) is 43.2 Å². The molecule has 4 nitrogen and oxygen atoms in total. The molecule has 2 aromatic rings. The molecule has 0 unspecified atom stereocenters. The maximum atomic E-state index is 13.2. The molecular formula is C24H21Cl2NO3. The number of ketones is 1. The number of carbonyl (C=O) groups is 2. The van der Waals surface area contributed by atoms with E-state index < -0.39 is 11.9 Å². The molecule has 2 aliphatic rings. The Morgan fingerprint density at radius 1 is 1.10 bits per heavy atom. The second kappa shape index (κ2) is 8.66. The highest BCUT2D eigenvalue weighted by molar-refractivity contribution is 6.42. The number of Topliss-reactive ketones (excluding diaryl/α,β-unsaturated/α-hetero) is 1. The molecule has 1 aliphatic heterocycles. The first-order valence-electron chi connectivity index (χ1n) is 9.85. The zero-order valence-electron chi connectivity index (χ0n) is 16.5. The average Bonchev–Trinajstić information content (AvgIpc) is 2.74. The quantitative estimate of drug-likeness (QED) is 0.617. The average molecular weight is 442 g/mol. The normalized spacial score (nSPS) is 18.8. The van der Waals surface area contributed by atoms with Crippen molar-refractivity contribution in [1.29, 1.82) is 0 Å². The number of carbonyl (C=O) groups excluding carboxylic acids is 2. The summed E-state index contributed by atoms with van der Waals surface area (Å²) in [6.45, 7) is 2.00. The summed E-state index contributed by atoms with van der Waals surface area (Å²) in [5.74, 6) is -0.947. The summed E-state index contributed by atoms with van der Waals surface area (Å²) < 4.78 is 5.63. The van der Waals surface area contributed by atoms with Crippen molar-refractivity contribution in [3.8, 4) is 0 Å². The van der Waals surface area contributed by atoms with E-state index in [1.54, 1.807) is 12.1 Å². The zero-order chi connectivity index (χ0) is 21.3. The van der Waals surface area contributed by atoms with Crippen molar-refractivity contribution in [2.75, 3.05) is 0 Å². The van der Waals surface area contributed by atoms with E-state index in [2.05, 4.69) is 5.32 Å². The molecule has 0 bridgehead atoms. The van der Waals surface area contributed by atoms with Gasteiger partial charge in [-0.05, 0) is 43.0 Å². The highest BCUT2D eigenvalue weighted by atomic mass is 35.5. The predicted molar refractivity (Wildman–Crippen MR) is 117 cm³/mol. The highest BCUT2D eigenvalue weighted by Gasteiger charge is 2.39. The number of ether oxygens (including phenoxy) is 1. The first kappa shape index (κ1) is 20.7. The van der Waals surface area contributed by atoms with E-state index >= 15 is 0 Å². The van der Waals surface area contributed by atoms with Crippen LogP contribution in [0, 0.1) is 0 Å². The zero-order valence-corrected chi connectivity index (χ0v) is 18.0. The van der Waals surface area contributed by atoms with Crippen molar-refractivity contribution >= 4 is 35.0 Å². The van der Waals surface area contributed by atoms with Crippen LogP contribution in [0.4, 0.5) is 0 Å². The lowest BCUT2D eigenvalue weighted by atomic mass is 9.75. The van der Waals surface area contributed by atoms with Gasteiger partial charge >= 0.3 is 5.97 Å². The van der Waals surface area contributed by atoms with E-state index in [0.29, 0.717) is 33.3 Å². The summed E-state index contributed by atoms with van der Waals surface area (Å²) >= 11 is 12.4. The molecule has 0 saturated heterocycles. The van der Waals surface area contributed by atoms with Crippen LogP contribution < -0.4 is 5.32 Å². The summed E-state index contributed by atoms with van der Waals surface area (Å²) in [5.41, 5.74) is 4.26. The van der Waals surface area contributed by atoms with Crippen LogP contribution in [-0.4, -0.2) is 11.8 Å². The number of dihydropyridines is 1. The van der Waals surface area contributed by atoms with Crippen molar-refractivity contribution in [2.24, 2.45) is 0 Å². The van der Waals surface area contributed by atoms with Crippen molar-refractivity contribution < 1.29 is 14.3 Å². The highest BCUT2D eigenvalue weighted by Crippen LogP contribution is 2.43. The second-order valence-corrected chi connectivity index (χ2v) is 8.32. The van der Waals surface area contributed by atoms with Crippen LogP contribution in [0.25, 0.3) is 0 Å². The lowest BCUT2D eigenvalue weighted by molar-refractivity contribution is -0.140. The summed E-state index contributed by atoms with van der Waals surface area (Å²) in [6.07, 6.45) is 2.02. The van der Waals surface area contributed by atoms with Gasteiger partial charge in [0, 0.05) is 29.3 Å². The third kappa shape index (κ3) is 4.03. The molecule has 4 rings (SSSR count). The predicted octanol–water partition coefficient (Wildman–Crippen LogP) is 5.70.